The topological polar surface area (TPSA) is 31.4 Å². The van der Waals surface area contributed by atoms with Gasteiger partial charge < -0.3 is 9.47 Å². The summed E-state index contributed by atoms with van der Waals surface area (Å²) < 4.78 is 11.0. The minimum Gasteiger partial charge on any atom is -0.497 e. The number of hydrogen-bond acceptors (Lipinski definition) is 3. The molecule has 25 heavy (non-hydrogen) atoms. The fourth-order valence-corrected chi connectivity index (χ4v) is 3.38. The molecule has 0 spiro atoms. The molecule has 2 aromatic carbocycles. The molecule has 128 valence electrons. The van der Waals surface area contributed by atoms with E-state index in [1.54, 1.807) is 20.4 Å². The van der Waals surface area contributed by atoms with Crippen molar-refractivity contribution in [1.29, 1.82) is 0 Å². The van der Waals surface area contributed by atoms with Crippen molar-refractivity contribution in [2.75, 3.05) is 14.2 Å². The summed E-state index contributed by atoms with van der Waals surface area (Å²) in [7, 11) is 3.35. The van der Waals surface area contributed by atoms with Crippen LogP contribution in [0.25, 0.3) is 22.4 Å². The average molecular weight is 333 g/mol. The van der Waals surface area contributed by atoms with E-state index in [2.05, 4.69) is 56.1 Å². The molecule has 0 bridgehead atoms. The van der Waals surface area contributed by atoms with Crippen molar-refractivity contribution in [3.8, 4) is 33.9 Å². The minimum atomic E-state index is 0.779. The van der Waals surface area contributed by atoms with E-state index in [9.17, 15) is 0 Å². The third kappa shape index (κ3) is 3.36. The molecule has 1 aromatic heterocycles. The van der Waals surface area contributed by atoms with Gasteiger partial charge in [0, 0.05) is 17.8 Å². The standard InChI is InChI=1S/C22H23NO2/c1-14-10-15(2)22(16(3)11-14)17-6-7-19(21(12-17)25-5)20-13-18(24-4)8-9-23-20/h6-13H,1-5H3. The smallest absolute Gasteiger partial charge is 0.128 e. The van der Waals surface area contributed by atoms with Gasteiger partial charge in [-0.2, -0.15) is 0 Å². The summed E-state index contributed by atoms with van der Waals surface area (Å²) in [4.78, 5) is 4.46. The normalized spacial score (nSPS) is 10.6. The van der Waals surface area contributed by atoms with Gasteiger partial charge in [0.1, 0.15) is 11.5 Å². The van der Waals surface area contributed by atoms with Crippen LogP contribution in [0.3, 0.4) is 0 Å². The molecular weight excluding hydrogens is 310 g/mol. The van der Waals surface area contributed by atoms with Crippen LogP contribution < -0.4 is 9.47 Å². The van der Waals surface area contributed by atoms with Crippen molar-refractivity contribution >= 4 is 0 Å². The first-order valence-electron chi connectivity index (χ1n) is 8.30. The number of pyridine rings is 1. The maximum absolute atomic E-state index is 5.66. The molecule has 0 aliphatic heterocycles. The van der Waals surface area contributed by atoms with E-state index in [4.69, 9.17) is 9.47 Å². The first-order chi connectivity index (χ1) is 12.0. The predicted octanol–water partition coefficient (Wildman–Crippen LogP) is 5.36. The second-order valence-electron chi connectivity index (χ2n) is 6.27. The average Bonchev–Trinajstić information content (AvgIpc) is 2.60. The number of aryl methyl sites for hydroxylation is 3. The van der Waals surface area contributed by atoms with Crippen LogP contribution in [-0.4, -0.2) is 19.2 Å². The zero-order valence-electron chi connectivity index (χ0n) is 15.4. The Morgan fingerprint density at radius 3 is 2.16 bits per heavy atom. The van der Waals surface area contributed by atoms with Gasteiger partial charge in [0.15, 0.2) is 0 Å². The third-order valence-corrected chi connectivity index (χ3v) is 4.41. The van der Waals surface area contributed by atoms with Gasteiger partial charge in [0.25, 0.3) is 0 Å². The van der Waals surface area contributed by atoms with Crippen molar-refractivity contribution in [2.45, 2.75) is 20.8 Å². The lowest BCUT2D eigenvalue weighted by molar-refractivity contribution is 0.413. The van der Waals surface area contributed by atoms with Gasteiger partial charge >= 0.3 is 0 Å². The van der Waals surface area contributed by atoms with E-state index >= 15 is 0 Å². The lowest BCUT2D eigenvalue weighted by Crippen LogP contribution is -1.94. The van der Waals surface area contributed by atoms with Gasteiger partial charge in [-0.1, -0.05) is 23.8 Å². The fourth-order valence-electron chi connectivity index (χ4n) is 3.38. The summed E-state index contributed by atoms with van der Waals surface area (Å²) in [6, 6.07) is 14.5. The number of rotatable bonds is 4. The predicted molar refractivity (Wildman–Crippen MR) is 102 cm³/mol. The van der Waals surface area contributed by atoms with E-state index in [0.29, 0.717) is 0 Å². The van der Waals surface area contributed by atoms with E-state index in [0.717, 1.165) is 28.3 Å². The van der Waals surface area contributed by atoms with E-state index < -0.39 is 0 Å². The zero-order valence-corrected chi connectivity index (χ0v) is 15.4. The summed E-state index contributed by atoms with van der Waals surface area (Å²) in [6.45, 7) is 6.43. The van der Waals surface area contributed by atoms with Crippen LogP contribution in [0.2, 0.25) is 0 Å². The quantitative estimate of drug-likeness (QED) is 0.644. The molecule has 0 unspecified atom stereocenters. The van der Waals surface area contributed by atoms with Crippen molar-refractivity contribution in [3.63, 3.8) is 0 Å². The Hall–Kier alpha value is -2.81. The lowest BCUT2D eigenvalue weighted by atomic mass is 9.92. The van der Waals surface area contributed by atoms with Crippen LogP contribution in [0.5, 0.6) is 11.5 Å². The van der Waals surface area contributed by atoms with Crippen LogP contribution in [0.4, 0.5) is 0 Å². The van der Waals surface area contributed by atoms with Crippen molar-refractivity contribution < 1.29 is 9.47 Å². The Morgan fingerprint density at radius 2 is 1.52 bits per heavy atom. The number of benzene rings is 2. The Balaban J connectivity index is 2.12. The Morgan fingerprint density at radius 1 is 0.800 bits per heavy atom. The van der Waals surface area contributed by atoms with Crippen LogP contribution >= 0.6 is 0 Å². The number of methoxy groups -OCH3 is 2. The molecule has 0 fully saturated rings. The highest BCUT2D eigenvalue weighted by atomic mass is 16.5. The summed E-state index contributed by atoms with van der Waals surface area (Å²) in [6.07, 6.45) is 1.75. The molecule has 0 aliphatic carbocycles. The maximum atomic E-state index is 5.66. The molecule has 0 saturated heterocycles. The van der Waals surface area contributed by atoms with Crippen molar-refractivity contribution in [1.82, 2.24) is 4.98 Å². The monoisotopic (exact) mass is 333 g/mol. The van der Waals surface area contributed by atoms with Crippen molar-refractivity contribution in [2.24, 2.45) is 0 Å². The van der Waals surface area contributed by atoms with Gasteiger partial charge in [-0.3, -0.25) is 4.98 Å². The third-order valence-electron chi connectivity index (χ3n) is 4.41. The Bertz CT molecular complexity index is 893. The number of hydrogen-bond donors (Lipinski definition) is 0. The fraction of sp³-hybridized carbons (Fsp3) is 0.227. The largest absolute Gasteiger partial charge is 0.497 e. The number of aromatic nitrogens is 1. The molecule has 3 nitrogen and oxygen atoms in total. The molecular formula is C22H23NO2. The number of ether oxygens (including phenoxy) is 2. The molecule has 3 heteroatoms. The first kappa shape index (κ1) is 17.0. The van der Waals surface area contributed by atoms with E-state index in [1.807, 2.05) is 12.1 Å². The van der Waals surface area contributed by atoms with Crippen molar-refractivity contribution in [3.05, 3.63) is 65.4 Å². The molecule has 0 amide bonds. The highest BCUT2D eigenvalue weighted by Crippen LogP contribution is 2.36. The molecule has 0 saturated carbocycles. The van der Waals surface area contributed by atoms with Crippen LogP contribution in [0.1, 0.15) is 16.7 Å². The molecule has 3 rings (SSSR count). The minimum absolute atomic E-state index is 0.779. The van der Waals surface area contributed by atoms with Gasteiger partial charge in [-0.05, 0) is 61.2 Å². The van der Waals surface area contributed by atoms with Gasteiger partial charge in [-0.15, -0.1) is 0 Å². The summed E-state index contributed by atoms with van der Waals surface area (Å²) in [5.74, 6) is 1.58. The van der Waals surface area contributed by atoms with Crippen LogP contribution in [-0.2, 0) is 0 Å². The lowest BCUT2D eigenvalue weighted by Gasteiger charge is -2.15. The highest BCUT2D eigenvalue weighted by Gasteiger charge is 2.13. The molecule has 1 heterocycles. The Labute approximate surface area is 149 Å². The van der Waals surface area contributed by atoms with Gasteiger partial charge in [-0.25, -0.2) is 0 Å². The second-order valence-corrected chi connectivity index (χ2v) is 6.27. The zero-order chi connectivity index (χ0) is 18.0. The van der Waals surface area contributed by atoms with E-state index in [1.165, 1.54) is 22.3 Å². The summed E-state index contributed by atoms with van der Waals surface area (Å²) >= 11 is 0. The molecule has 0 N–H and O–H groups in total. The summed E-state index contributed by atoms with van der Waals surface area (Å²) in [5, 5.41) is 0. The second kappa shape index (κ2) is 6.98. The highest BCUT2D eigenvalue weighted by molar-refractivity contribution is 5.78. The molecule has 0 radical (unpaired) electrons. The van der Waals surface area contributed by atoms with E-state index in [-0.39, 0.29) is 0 Å². The van der Waals surface area contributed by atoms with Crippen LogP contribution in [0.15, 0.2) is 48.7 Å². The molecule has 0 atom stereocenters. The molecule has 0 aliphatic rings. The maximum Gasteiger partial charge on any atom is 0.128 e. The summed E-state index contributed by atoms with van der Waals surface area (Å²) in [5.41, 5.74) is 8.02. The van der Waals surface area contributed by atoms with Gasteiger partial charge in [0.05, 0.1) is 19.9 Å². The molecule has 3 aromatic rings. The number of nitrogens with zero attached hydrogens (tertiary/aromatic N) is 1. The van der Waals surface area contributed by atoms with Gasteiger partial charge in [0.2, 0.25) is 0 Å². The SMILES string of the molecule is COc1ccnc(-c2ccc(-c3c(C)cc(C)cc3C)cc2OC)c1. The first-order valence-corrected chi connectivity index (χ1v) is 8.30. The Kier molecular flexibility index (Phi) is 4.75. The van der Waals surface area contributed by atoms with Crippen LogP contribution in [0, 0.1) is 20.8 Å².